The molecule has 31 heavy (non-hydrogen) atoms. The number of hydrogen-bond donors (Lipinski definition) is 1. The molecule has 4 aromatic rings. The molecule has 0 aliphatic rings. The zero-order valence-electron chi connectivity index (χ0n) is 17.1. The highest BCUT2D eigenvalue weighted by Gasteiger charge is 2.14. The second-order valence-corrected chi connectivity index (χ2v) is 6.96. The van der Waals surface area contributed by atoms with Crippen LogP contribution in [0.5, 0.6) is 11.5 Å². The minimum absolute atomic E-state index is 0.188. The van der Waals surface area contributed by atoms with Crippen LogP contribution in [0.1, 0.15) is 11.1 Å². The molecule has 0 saturated carbocycles. The number of nitrogens with two attached hydrogens (primary N) is 1. The van der Waals surface area contributed by atoms with Crippen molar-refractivity contribution in [2.75, 3.05) is 12.8 Å². The lowest BCUT2D eigenvalue weighted by atomic mass is 9.98. The highest BCUT2D eigenvalue weighted by molar-refractivity contribution is 5.80. The Labute approximate surface area is 181 Å². The molecule has 5 heteroatoms. The molecule has 0 saturated heterocycles. The maximum Gasteiger partial charge on any atom is 0.142 e. The van der Waals surface area contributed by atoms with Crippen molar-refractivity contribution in [3.8, 4) is 40.0 Å². The molecule has 1 aromatic heterocycles. The SMILES string of the molecule is COc1cccc(-c2cc(-c3cccc(OCc4ccccc4)c3)c(C#N)c(N)n2)c1. The third kappa shape index (κ3) is 4.49. The standard InChI is InChI=1S/C26H21N3O2/c1-30-21-11-6-10-20(14-21)25-15-23(24(16-27)26(28)29-25)19-9-5-12-22(13-19)31-17-18-7-3-2-4-8-18/h2-15H,17H2,1H3,(H2,28,29). The van der Waals surface area contributed by atoms with Crippen LogP contribution in [-0.4, -0.2) is 12.1 Å². The molecule has 5 nitrogen and oxygen atoms in total. The lowest BCUT2D eigenvalue weighted by Crippen LogP contribution is -2.00. The van der Waals surface area contributed by atoms with Crippen molar-refractivity contribution in [2.45, 2.75) is 6.61 Å². The summed E-state index contributed by atoms with van der Waals surface area (Å²) in [6.07, 6.45) is 0. The fourth-order valence-electron chi connectivity index (χ4n) is 3.33. The second kappa shape index (κ2) is 9.02. The predicted molar refractivity (Wildman–Crippen MR) is 122 cm³/mol. The summed E-state index contributed by atoms with van der Waals surface area (Å²) in [5.74, 6) is 1.62. The number of pyridine rings is 1. The van der Waals surface area contributed by atoms with Gasteiger partial charge in [0.25, 0.3) is 0 Å². The molecular formula is C26H21N3O2. The fraction of sp³-hybridized carbons (Fsp3) is 0.0769. The first kappa shape index (κ1) is 20.0. The molecule has 2 N–H and O–H groups in total. The van der Waals surface area contributed by atoms with Crippen molar-refractivity contribution in [1.29, 1.82) is 5.26 Å². The van der Waals surface area contributed by atoms with E-state index in [0.717, 1.165) is 22.4 Å². The van der Waals surface area contributed by atoms with Gasteiger partial charge in [-0.3, -0.25) is 0 Å². The van der Waals surface area contributed by atoms with Gasteiger partial charge in [0.15, 0.2) is 0 Å². The van der Waals surface area contributed by atoms with Crippen LogP contribution in [0.2, 0.25) is 0 Å². The summed E-state index contributed by atoms with van der Waals surface area (Å²) >= 11 is 0. The van der Waals surface area contributed by atoms with E-state index in [1.165, 1.54) is 0 Å². The van der Waals surface area contributed by atoms with E-state index in [1.54, 1.807) is 7.11 Å². The van der Waals surface area contributed by atoms with Crippen molar-refractivity contribution in [1.82, 2.24) is 4.98 Å². The van der Waals surface area contributed by atoms with E-state index in [9.17, 15) is 5.26 Å². The van der Waals surface area contributed by atoms with Gasteiger partial charge in [0.2, 0.25) is 0 Å². The summed E-state index contributed by atoms with van der Waals surface area (Å²) in [7, 11) is 1.62. The van der Waals surface area contributed by atoms with E-state index in [4.69, 9.17) is 15.2 Å². The molecule has 0 amide bonds. The molecule has 0 atom stereocenters. The smallest absolute Gasteiger partial charge is 0.142 e. The van der Waals surface area contributed by atoms with Crippen LogP contribution < -0.4 is 15.2 Å². The largest absolute Gasteiger partial charge is 0.497 e. The first-order valence-corrected chi connectivity index (χ1v) is 9.80. The average molecular weight is 407 g/mol. The first-order chi connectivity index (χ1) is 15.2. The highest BCUT2D eigenvalue weighted by atomic mass is 16.5. The van der Waals surface area contributed by atoms with E-state index in [1.807, 2.05) is 84.9 Å². The van der Waals surface area contributed by atoms with Crippen LogP contribution in [0, 0.1) is 11.3 Å². The average Bonchev–Trinajstić information content (AvgIpc) is 2.83. The van der Waals surface area contributed by atoms with Gasteiger partial charge in [0, 0.05) is 11.1 Å². The van der Waals surface area contributed by atoms with Gasteiger partial charge >= 0.3 is 0 Å². The Balaban J connectivity index is 1.71. The van der Waals surface area contributed by atoms with Gasteiger partial charge < -0.3 is 15.2 Å². The summed E-state index contributed by atoms with van der Waals surface area (Å²) in [6, 6.07) is 29.2. The molecule has 0 aliphatic carbocycles. The first-order valence-electron chi connectivity index (χ1n) is 9.80. The van der Waals surface area contributed by atoms with Crippen molar-refractivity contribution >= 4 is 5.82 Å². The molecule has 152 valence electrons. The van der Waals surface area contributed by atoms with Crippen LogP contribution in [0.15, 0.2) is 84.9 Å². The number of anilines is 1. The van der Waals surface area contributed by atoms with Crippen molar-refractivity contribution in [2.24, 2.45) is 0 Å². The molecule has 0 aliphatic heterocycles. The number of aromatic nitrogens is 1. The van der Waals surface area contributed by atoms with Gasteiger partial charge in [-0.25, -0.2) is 4.98 Å². The van der Waals surface area contributed by atoms with Crippen molar-refractivity contribution in [3.63, 3.8) is 0 Å². The van der Waals surface area contributed by atoms with Gasteiger partial charge in [-0.05, 0) is 41.5 Å². The van der Waals surface area contributed by atoms with Crippen molar-refractivity contribution < 1.29 is 9.47 Å². The summed E-state index contributed by atoms with van der Waals surface area (Å²) in [4.78, 5) is 4.44. The molecule has 0 fully saturated rings. The highest BCUT2D eigenvalue weighted by Crippen LogP contribution is 2.33. The van der Waals surface area contributed by atoms with E-state index in [2.05, 4.69) is 11.1 Å². The molecule has 0 spiro atoms. The van der Waals surface area contributed by atoms with Crippen LogP contribution >= 0.6 is 0 Å². The molecular weight excluding hydrogens is 386 g/mol. The lowest BCUT2D eigenvalue weighted by Gasteiger charge is -2.12. The monoisotopic (exact) mass is 407 g/mol. The van der Waals surface area contributed by atoms with Gasteiger partial charge in [-0.15, -0.1) is 0 Å². The van der Waals surface area contributed by atoms with Crippen molar-refractivity contribution in [3.05, 3.63) is 96.1 Å². The molecule has 0 bridgehead atoms. The number of methoxy groups -OCH3 is 1. The Hall–Kier alpha value is -4.30. The topological polar surface area (TPSA) is 81.2 Å². The number of rotatable bonds is 6. The Kier molecular flexibility index (Phi) is 5.82. The number of benzene rings is 3. The molecule has 3 aromatic carbocycles. The third-order valence-electron chi connectivity index (χ3n) is 4.92. The Bertz CT molecular complexity index is 1250. The Morgan fingerprint density at radius 2 is 1.58 bits per heavy atom. The lowest BCUT2D eigenvalue weighted by molar-refractivity contribution is 0.306. The minimum atomic E-state index is 0.188. The van der Waals surface area contributed by atoms with Crippen LogP contribution in [-0.2, 0) is 6.61 Å². The molecule has 0 radical (unpaired) electrons. The summed E-state index contributed by atoms with van der Waals surface area (Å²) in [5.41, 5.74) is 10.6. The Morgan fingerprint density at radius 3 is 2.32 bits per heavy atom. The van der Waals surface area contributed by atoms with Crippen LogP contribution in [0.3, 0.4) is 0 Å². The van der Waals surface area contributed by atoms with Gasteiger partial charge in [-0.2, -0.15) is 5.26 Å². The van der Waals surface area contributed by atoms with Crippen LogP contribution in [0.25, 0.3) is 22.4 Å². The minimum Gasteiger partial charge on any atom is -0.497 e. The quantitative estimate of drug-likeness (QED) is 0.459. The second-order valence-electron chi connectivity index (χ2n) is 6.96. The maximum absolute atomic E-state index is 9.70. The number of ether oxygens (including phenoxy) is 2. The summed E-state index contributed by atoms with van der Waals surface area (Å²) in [5, 5.41) is 9.70. The number of nitrogens with zero attached hydrogens (tertiary/aromatic N) is 2. The van der Waals surface area contributed by atoms with E-state index >= 15 is 0 Å². The van der Waals surface area contributed by atoms with Gasteiger partial charge in [0.05, 0.1) is 12.8 Å². The van der Waals surface area contributed by atoms with Gasteiger partial charge in [0.1, 0.15) is 35.6 Å². The maximum atomic E-state index is 9.70. The number of nitrogen functional groups attached to an aromatic ring is 1. The zero-order valence-corrected chi connectivity index (χ0v) is 17.1. The van der Waals surface area contributed by atoms with E-state index in [-0.39, 0.29) is 5.82 Å². The zero-order chi connectivity index (χ0) is 21.6. The van der Waals surface area contributed by atoms with Gasteiger partial charge in [-0.1, -0.05) is 54.6 Å². The Morgan fingerprint density at radius 1 is 0.871 bits per heavy atom. The van der Waals surface area contributed by atoms with E-state index in [0.29, 0.717) is 29.2 Å². The molecule has 1 heterocycles. The molecule has 4 rings (SSSR count). The number of hydrogen-bond acceptors (Lipinski definition) is 5. The van der Waals surface area contributed by atoms with Crippen LogP contribution in [0.4, 0.5) is 5.82 Å². The summed E-state index contributed by atoms with van der Waals surface area (Å²) < 4.78 is 11.3. The third-order valence-corrected chi connectivity index (χ3v) is 4.92. The fourth-order valence-corrected chi connectivity index (χ4v) is 3.33. The predicted octanol–water partition coefficient (Wildman–Crippen LogP) is 5.46. The van der Waals surface area contributed by atoms with E-state index < -0.39 is 0 Å². The summed E-state index contributed by atoms with van der Waals surface area (Å²) in [6.45, 7) is 0.461. The number of nitriles is 1. The normalized spacial score (nSPS) is 10.3. The molecule has 0 unspecified atom stereocenters.